The molecule has 1 aromatic rings. The number of halogens is 5. The van der Waals surface area contributed by atoms with Gasteiger partial charge in [0.15, 0.2) is 0 Å². The number of rotatable bonds is 5. The number of H-pyrrole nitrogens is 1. The molecule has 2 N–H and O–H groups in total. The van der Waals surface area contributed by atoms with Crippen molar-refractivity contribution in [3.63, 3.8) is 0 Å². The van der Waals surface area contributed by atoms with E-state index in [9.17, 15) is 32.3 Å². The molecule has 0 aromatic carbocycles. The zero-order chi connectivity index (χ0) is 22.0. The van der Waals surface area contributed by atoms with E-state index in [2.05, 4.69) is 0 Å². The molecule has 7 nitrogen and oxygen atoms in total. The highest BCUT2D eigenvalue weighted by Crippen LogP contribution is 2.48. The summed E-state index contributed by atoms with van der Waals surface area (Å²) in [4.78, 5) is 27.7. The van der Waals surface area contributed by atoms with Crippen molar-refractivity contribution in [2.45, 2.75) is 43.4 Å². The average Bonchev–Trinajstić information content (AvgIpc) is 3.44. The number of aromatic nitrogens is 2. The minimum atomic E-state index is -3.42. The number of alkyl halides is 4. The van der Waals surface area contributed by atoms with Gasteiger partial charge in [0, 0.05) is 19.7 Å². The number of aliphatic hydroxyl groups excluding tert-OH is 1. The quantitative estimate of drug-likeness (QED) is 0.681. The Balaban J connectivity index is 1.95. The molecule has 0 spiro atoms. The van der Waals surface area contributed by atoms with Crippen LogP contribution in [-0.4, -0.2) is 64.8 Å². The van der Waals surface area contributed by atoms with Gasteiger partial charge in [-0.2, -0.15) is 0 Å². The Morgan fingerprint density at radius 1 is 1.30 bits per heavy atom. The molecule has 12 heteroatoms. The molecule has 2 fully saturated rings. The van der Waals surface area contributed by atoms with Crippen LogP contribution in [0.15, 0.2) is 15.4 Å². The molecule has 4 rings (SSSR count). The van der Waals surface area contributed by atoms with Gasteiger partial charge in [-0.1, -0.05) is 0 Å². The van der Waals surface area contributed by atoms with Crippen LogP contribution >= 0.6 is 0 Å². The largest absolute Gasteiger partial charge is 0.396 e. The number of hydrogen-bond acceptors (Lipinski definition) is 5. The number of allylic oxidation sites excluding steroid dienone is 1. The first-order chi connectivity index (χ1) is 14.1. The second-order valence-electron chi connectivity index (χ2n) is 7.85. The molecule has 3 unspecified atom stereocenters. The van der Waals surface area contributed by atoms with Crippen LogP contribution in [0.2, 0.25) is 0 Å². The lowest BCUT2D eigenvalue weighted by atomic mass is 9.87. The second-order valence-corrected chi connectivity index (χ2v) is 7.85. The molecule has 3 atom stereocenters. The number of aromatic amines is 1. The van der Waals surface area contributed by atoms with Crippen LogP contribution in [0.3, 0.4) is 0 Å². The van der Waals surface area contributed by atoms with Crippen LogP contribution in [0.5, 0.6) is 0 Å². The first-order valence-corrected chi connectivity index (χ1v) is 9.44. The Hall–Kier alpha value is -2.05. The number of nitrogens with one attached hydrogen (secondary N) is 1. The third kappa shape index (κ3) is 3.12. The summed E-state index contributed by atoms with van der Waals surface area (Å²) in [5, 5.41) is 9.25. The first kappa shape index (κ1) is 21.2. The summed E-state index contributed by atoms with van der Waals surface area (Å²) in [6.07, 6.45) is -3.77. The van der Waals surface area contributed by atoms with E-state index in [-0.39, 0.29) is 11.7 Å². The Bertz CT molecular complexity index is 1000. The highest BCUT2D eigenvalue weighted by atomic mass is 19.3. The zero-order valence-electron chi connectivity index (χ0n) is 15.9. The summed E-state index contributed by atoms with van der Waals surface area (Å²) in [6.45, 7) is -2.33. The van der Waals surface area contributed by atoms with Crippen molar-refractivity contribution < 1.29 is 31.8 Å². The molecule has 1 saturated carbocycles. The van der Waals surface area contributed by atoms with Crippen LogP contribution in [0.25, 0.3) is 5.57 Å². The Kier molecular flexibility index (Phi) is 5.14. The normalized spacial score (nSPS) is 29.0. The van der Waals surface area contributed by atoms with Gasteiger partial charge in [-0.25, -0.2) is 26.7 Å². The topological polar surface area (TPSA) is 87.6 Å². The van der Waals surface area contributed by atoms with Gasteiger partial charge < -0.3 is 9.84 Å². The Morgan fingerprint density at radius 2 is 1.97 bits per heavy atom. The highest BCUT2D eigenvalue weighted by Gasteiger charge is 2.54. The lowest BCUT2D eigenvalue weighted by molar-refractivity contribution is -0.0485. The molecule has 0 amide bonds. The highest BCUT2D eigenvalue weighted by molar-refractivity contribution is 5.74. The summed E-state index contributed by atoms with van der Waals surface area (Å²) < 4.78 is 78.0. The summed E-state index contributed by atoms with van der Waals surface area (Å²) >= 11 is 0. The van der Waals surface area contributed by atoms with E-state index in [1.807, 2.05) is 4.98 Å². The van der Waals surface area contributed by atoms with E-state index in [0.717, 1.165) is 16.6 Å². The number of likely N-dealkylation sites (tertiary alicyclic amines) is 1. The van der Waals surface area contributed by atoms with Crippen LogP contribution in [0.1, 0.15) is 36.2 Å². The molecule has 3 aliphatic rings. The minimum Gasteiger partial charge on any atom is -0.396 e. The molecule has 1 saturated heterocycles. The molecule has 0 radical (unpaired) electrons. The van der Waals surface area contributed by atoms with E-state index < -0.39 is 78.3 Å². The first-order valence-electron chi connectivity index (χ1n) is 9.44. The van der Waals surface area contributed by atoms with Crippen molar-refractivity contribution in [3.05, 3.63) is 37.9 Å². The number of nitrogens with zero attached hydrogens (tertiary/aromatic N) is 2. The van der Waals surface area contributed by atoms with Crippen LogP contribution in [0, 0.1) is 5.92 Å². The number of methoxy groups -OCH3 is 1. The smallest absolute Gasteiger partial charge is 0.328 e. The van der Waals surface area contributed by atoms with Gasteiger partial charge in [0.2, 0.25) is 0 Å². The fraction of sp³-hybridized carbons (Fsp3) is 0.667. The Morgan fingerprint density at radius 3 is 2.47 bits per heavy atom. The third-order valence-corrected chi connectivity index (χ3v) is 5.99. The molecule has 166 valence electrons. The lowest BCUT2D eigenvalue weighted by Gasteiger charge is -2.38. The maximum absolute atomic E-state index is 15.4. The van der Waals surface area contributed by atoms with Gasteiger partial charge in [-0.3, -0.25) is 19.2 Å². The number of hydrogen-bond donors (Lipinski definition) is 2. The minimum absolute atomic E-state index is 0.230. The predicted molar refractivity (Wildman–Crippen MR) is 94.3 cm³/mol. The van der Waals surface area contributed by atoms with Crippen molar-refractivity contribution in [1.29, 1.82) is 0 Å². The maximum atomic E-state index is 15.4. The van der Waals surface area contributed by atoms with Crippen LogP contribution < -0.4 is 11.2 Å². The second kappa shape index (κ2) is 7.27. The molecular weight excluding hydrogens is 417 g/mol. The van der Waals surface area contributed by atoms with E-state index in [0.29, 0.717) is 12.8 Å². The van der Waals surface area contributed by atoms with Gasteiger partial charge in [-0.05, 0) is 12.8 Å². The van der Waals surface area contributed by atoms with Gasteiger partial charge in [0.25, 0.3) is 17.9 Å². The molecular formula is C18H20F5N3O4. The number of ether oxygens (including phenoxy) is 1. The number of fused-ring (bicyclic) bond motifs is 1. The summed E-state index contributed by atoms with van der Waals surface area (Å²) in [7, 11) is 1.13. The van der Waals surface area contributed by atoms with E-state index in [1.54, 1.807) is 0 Å². The molecule has 1 aromatic heterocycles. The number of aliphatic hydroxyl groups is 1. The summed E-state index contributed by atoms with van der Waals surface area (Å²) in [5.74, 6) is -6.34. The molecule has 30 heavy (non-hydrogen) atoms. The van der Waals surface area contributed by atoms with E-state index in [1.165, 1.54) is 0 Å². The maximum Gasteiger partial charge on any atom is 0.328 e. The molecule has 0 bridgehead atoms. The lowest BCUT2D eigenvalue weighted by Crippen LogP contribution is -2.48. The van der Waals surface area contributed by atoms with Crippen molar-refractivity contribution >= 4 is 5.57 Å². The average molecular weight is 437 g/mol. The van der Waals surface area contributed by atoms with Gasteiger partial charge in [-0.15, -0.1) is 0 Å². The SMILES string of the molecule is COC1c2c(c(=O)[nH]c(=O)n2C2CC2)C(C(F)F)=C(F)C1N1CC(CO)C(F)(F)C1. The monoisotopic (exact) mass is 437 g/mol. The summed E-state index contributed by atoms with van der Waals surface area (Å²) in [5.41, 5.74) is -4.18. The van der Waals surface area contributed by atoms with Crippen molar-refractivity contribution in [1.82, 2.24) is 14.5 Å². The van der Waals surface area contributed by atoms with E-state index >= 15 is 4.39 Å². The van der Waals surface area contributed by atoms with Crippen molar-refractivity contribution in [3.8, 4) is 0 Å². The zero-order valence-corrected chi connectivity index (χ0v) is 15.9. The fourth-order valence-electron chi connectivity index (χ4n) is 4.45. The van der Waals surface area contributed by atoms with Crippen molar-refractivity contribution in [2.75, 3.05) is 26.8 Å². The van der Waals surface area contributed by atoms with Gasteiger partial charge >= 0.3 is 5.69 Å². The van der Waals surface area contributed by atoms with Crippen LogP contribution in [0.4, 0.5) is 22.0 Å². The molecule has 1 aliphatic heterocycles. The Labute approximate surface area is 166 Å². The molecule has 2 heterocycles. The van der Waals surface area contributed by atoms with E-state index in [4.69, 9.17) is 4.74 Å². The standard InChI is InChI=1S/C18H20F5N3O4/c1-30-14-12-10(16(28)24-17(29)26(12)8-2-3-8)9(15(20)21)11(19)13(14)25-4-7(5-27)18(22,23)6-25/h7-8,13-15,27H,2-6H2,1H3,(H,24,28,29). The summed E-state index contributed by atoms with van der Waals surface area (Å²) in [6, 6.07) is -2.08. The van der Waals surface area contributed by atoms with Crippen molar-refractivity contribution in [2.24, 2.45) is 5.92 Å². The fourth-order valence-corrected chi connectivity index (χ4v) is 4.45. The van der Waals surface area contributed by atoms with Gasteiger partial charge in [0.05, 0.1) is 41.9 Å². The molecule has 2 aliphatic carbocycles. The predicted octanol–water partition coefficient (Wildman–Crippen LogP) is 1.45. The van der Waals surface area contributed by atoms with Crippen LogP contribution in [-0.2, 0) is 4.74 Å². The van der Waals surface area contributed by atoms with Gasteiger partial charge in [0.1, 0.15) is 11.9 Å². The third-order valence-electron chi connectivity index (χ3n) is 5.99.